The van der Waals surface area contributed by atoms with Gasteiger partial charge in [0.05, 0.1) is 11.6 Å². The smallest absolute Gasteiger partial charge is 0.341 e. The molecule has 3 aromatic carbocycles. The Labute approximate surface area is 227 Å². The SMILES string of the molecule is O=C(Nc1cc(CNC2CC(F)(F)C2)cc2c1C(c1cc(F)ccc1Cl)NC2=O)c1cc(F)cc(C(F)(F)F)c1. The minimum atomic E-state index is -4.92. The molecule has 0 radical (unpaired) electrons. The fourth-order valence-electron chi connectivity index (χ4n) is 4.81. The van der Waals surface area contributed by atoms with Gasteiger partial charge in [-0.15, -0.1) is 0 Å². The van der Waals surface area contributed by atoms with Crippen LogP contribution in [0.1, 0.15) is 61.9 Å². The molecule has 1 aliphatic heterocycles. The quantitative estimate of drug-likeness (QED) is 0.285. The molecule has 0 bridgehead atoms. The second-order valence-electron chi connectivity index (χ2n) is 9.70. The van der Waals surface area contributed by atoms with Crippen LogP contribution in [0.4, 0.5) is 36.4 Å². The summed E-state index contributed by atoms with van der Waals surface area (Å²) >= 11 is 6.26. The predicted molar refractivity (Wildman–Crippen MR) is 131 cm³/mol. The lowest BCUT2D eigenvalue weighted by Crippen LogP contribution is -2.48. The Kier molecular flexibility index (Phi) is 7.03. The molecule has 1 fully saturated rings. The van der Waals surface area contributed by atoms with Crippen LogP contribution in [0.25, 0.3) is 0 Å². The molecule has 1 heterocycles. The molecule has 3 aromatic rings. The van der Waals surface area contributed by atoms with Crippen molar-refractivity contribution in [2.75, 3.05) is 5.32 Å². The van der Waals surface area contributed by atoms with E-state index in [1.54, 1.807) is 0 Å². The number of anilines is 1. The van der Waals surface area contributed by atoms with Crippen molar-refractivity contribution < 1.29 is 40.3 Å². The third-order valence-corrected chi connectivity index (χ3v) is 7.08. The number of nitrogens with one attached hydrogen (secondary N) is 3. The maximum atomic E-state index is 14.1. The molecule has 210 valence electrons. The molecular weight excluding hydrogens is 567 g/mol. The minimum Gasteiger partial charge on any atom is -0.341 e. The molecule has 13 heteroatoms. The van der Waals surface area contributed by atoms with Crippen LogP contribution in [-0.2, 0) is 12.7 Å². The van der Waals surface area contributed by atoms with Gasteiger partial charge in [-0.05, 0) is 54.1 Å². The summed E-state index contributed by atoms with van der Waals surface area (Å²) in [4.78, 5) is 26.0. The zero-order valence-corrected chi connectivity index (χ0v) is 21.0. The molecule has 5 rings (SSSR count). The zero-order chi connectivity index (χ0) is 29.0. The van der Waals surface area contributed by atoms with Crippen molar-refractivity contribution in [3.8, 4) is 0 Å². The van der Waals surface area contributed by atoms with Crippen molar-refractivity contribution in [1.82, 2.24) is 10.6 Å². The average molecular weight is 586 g/mol. The number of benzene rings is 3. The van der Waals surface area contributed by atoms with Gasteiger partial charge in [0.2, 0.25) is 0 Å². The fourth-order valence-corrected chi connectivity index (χ4v) is 5.04. The van der Waals surface area contributed by atoms with Crippen molar-refractivity contribution in [3.63, 3.8) is 0 Å². The Morgan fingerprint density at radius 2 is 1.75 bits per heavy atom. The number of carbonyl (C=O) groups is 2. The van der Waals surface area contributed by atoms with Crippen molar-refractivity contribution in [1.29, 1.82) is 0 Å². The average Bonchev–Trinajstić information content (AvgIpc) is 3.18. The van der Waals surface area contributed by atoms with Gasteiger partial charge in [0.15, 0.2) is 0 Å². The molecule has 40 heavy (non-hydrogen) atoms. The van der Waals surface area contributed by atoms with E-state index in [9.17, 15) is 40.3 Å². The van der Waals surface area contributed by atoms with Crippen LogP contribution < -0.4 is 16.0 Å². The summed E-state index contributed by atoms with van der Waals surface area (Å²) in [5, 5.41) is 8.11. The standard InChI is InChI=1S/C27H19ClF7N3O2/c28-20-2-1-15(29)8-18(20)23-22-19(25(40)38-23)3-12(11-36-17-9-26(31,32)10-17)4-21(22)37-24(39)13-5-14(27(33,34)35)7-16(30)6-13/h1-8,17,23,36H,9-11H2,(H,37,39)(H,38,40). The number of rotatable bonds is 6. The monoisotopic (exact) mass is 585 g/mol. The summed E-state index contributed by atoms with van der Waals surface area (Å²) < 4.78 is 94.2. The van der Waals surface area contributed by atoms with Crippen LogP contribution in [0.3, 0.4) is 0 Å². The van der Waals surface area contributed by atoms with Crippen molar-refractivity contribution in [2.24, 2.45) is 0 Å². The Bertz CT molecular complexity index is 1520. The van der Waals surface area contributed by atoms with E-state index in [-0.39, 0.29) is 52.9 Å². The summed E-state index contributed by atoms with van der Waals surface area (Å²) in [6.07, 6.45) is -5.66. The molecule has 1 atom stereocenters. The topological polar surface area (TPSA) is 70.2 Å². The highest BCUT2D eigenvalue weighted by Gasteiger charge is 2.45. The van der Waals surface area contributed by atoms with Gasteiger partial charge in [0, 0.05) is 58.4 Å². The first-order valence-corrected chi connectivity index (χ1v) is 12.3. The summed E-state index contributed by atoms with van der Waals surface area (Å²) in [6.45, 7) is 0.0216. The molecule has 3 N–H and O–H groups in total. The highest BCUT2D eigenvalue weighted by atomic mass is 35.5. The third-order valence-electron chi connectivity index (χ3n) is 6.74. The Hall–Kier alpha value is -3.64. The van der Waals surface area contributed by atoms with E-state index in [2.05, 4.69) is 16.0 Å². The lowest BCUT2D eigenvalue weighted by atomic mass is 9.88. The second kappa shape index (κ2) is 10.1. The van der Waals surface area contributed by atoms with Crippen molar-refractivity contribution in [2.45, 2.75) is 43.6 Å². The van der Waals surface area contributed by atoms with Gasteiger partial charge in [-0.3, -0.25) is 9.59 Å². The largest absolute Gasteiger partial charge is 0.416 e. The number of hydrogen-bond acceptors (Lipinski definition) is 3. The molecule has 5 nitrogen and oxygen atoms in total. The van der Waals surface area contributed by atoms with Gasteiger partial charge in [0.25, 0.3) is 17.7 Å². The summed E-state index contributed by atoms with van der Waals surface area (Å²) in [7, 11) is 0. The van der Waals surface area contributed by atoms with Crippen molar-refractivity contribution in [3.05, 3.63) is 98.6 Å². The first-order valence-electron chi connectivity index (χ1n) is 11.9. The molecule has 1 aliphatic carbocycles. The van der Waals surface area contributed by atoms with Gasteiger partial charge < -0.3 is 16.0 Å². The molecule has 0 saturated heterocycles. The maximum absolute atomic E-state index is 14.1. The van der Waals surface area contributed by atoms with Gasteiger partial charge in [0.1, 0.15) is 11.6 Å². The number of halogens is 8. The van der Waals surface area contributed by atoms with Crippen LogP contribution in [0.2, 0.25) is 5.02 Å². The summed E-state index contributed by atoms with van der Waals surface area (Å²) in [5.74, 6) is -6.45. The molecule has 2 aliphatic rings. The Morgan fingerprint density at radius 1 is 1.02 bits per heavy atom. The molecule has 1 unspecified atom stereocenters. The maximum Gasteiger partial charge on any atom is 0.416 e. The molecule has 2 amide bonds. The summed E-state index contributed by atoms with van der Waals surface area (Å²) in [6, 6.07) is 6.14. The zero-order valence-electron chi connectivity index (χ0n) is 20.2. The van der Waals surface area contributed by atoms with E-state index in [0.717, 1.165) is 12.1 Å². The number of hydrogen-bond donors (Lipinski definition) is 3. The van der Waals surface area contributed by atoms with E-state index in [0.29, 0.717) is 17.7 Å². The third kappa shape index (κ3) is 5.64. The fraction of sp³-hybridized carbons (Fsp3) is 0.259. The molecule has 0 aromatic heterocycles. The van der Waals surface area contributed by atoms with Crippen LogP contribution in [0.15, 0.2) is 48.5 Å². The van der Waals surface area contributed by atoms with Crippen LogP contribution in [0, 0.1) is 11.6 Å². The number of carbonyl (C=O) groups excluding carboxylic acids is 2. The second-order valence-corrected chi connectivity index (χ2v) is 10.1. The van der Waals surface area contributed by atoms with Gasteiger partial charge >= 0.3 is 6.18 Å². The number of alkyl halides is 5. The van der Waals surface area contributed by atoms with Crippen LogP contribution >= 0.6 is 11.6 Å². The highest BCUT2D eigenvalue weighted by Crippen LogP contribution is 2.41. The Balaban J connectivity index is 1.54. The molecular formula is C27H19ClF7N3O2. The first kappa shape index (κ1) is 27.9. The first-order chi connectivity index (χ1) is 18.7. The van der Waals surface area contributed by atoms with Gasteiger partial charge in [-0.2, -0.15) is 13.2 Å². The van der Waals surface area contributed by atoms with E-state index < -0.39 is 58.8 Å². The van der Waals surface area contributed by atoms with E-state index in [1.807, 2.05) is 0 Å². The molecule has 0 spiro atoms. The van der Waals surface area contributed by atoms with Crippen LogP contribution in [0.5, 0.6) is 0 Å². The van der Waals surface area contributed by atoms with Gasteiger partial charge in [-0.25, -0.2) is 17.6 Å². The van der Waals surface area contributed by atoms with E-state index >= 15 is 0 Å². The van der Waals surface area contributed by atoms with E-state index in [1.165, 1.54) is 18.2 Å². The molecule has 1 saturated carbocycles. The highest BCUT2D eigenvalue weighted by molar-refractivity contribution is 6.31. The normalized spacial score (nSPS) is 18.2. The van der Waals surface area contributed by atoms with E-state index in [4.69, 9.17) is 11.6 Å². The van der Waals surface area contributed by atoms with Gasteiger partial charge in [-0.1, -0.05) is 11.6 Å². The lowest BCUT2D eigenvalue weighted by Gasteiger charge is -2.35. The van der Waals surface area contributed by atoms with Crippen molar-refractivity contribution >= 4 is 29.1 Å². The minimum absolute atomic E-state index is 0.0216. The number of fused-ring (bicyclic) bond motifs is 1. The summed E-state index contributed by atoms with van der Waals surface area (Å²) in [5.41, 5.74) is -1.32. The number of amides is 2. The predicted octanol–water partition coefficient (Wildman–Crippen LogP) is 6.61. The lowest BCUT2D eigenvalue weighted by molar-refractivity contribution is -0.137. The van der Waals surface area contributed by atoms with Crippen LogP contribution in [-0.4, -0.2) is 23.8 Å². The Morgan fingerprint density at radius 3 is 2.42 bits per heavy atom.